The lowest BCUT2D eigenvalue weighted by Gasteiger charge is -2.23. The summed E-state index contributed by atoms with van der Waals surface area (Å²) in [6.45, 7) is 9.33. The Morgan fingerprint density at radius 1 is 1.22 bits per heavy atom. The van der Waals surface area contributed by atoms with Crippen LogP contribution in [0.1, 0.15) is 31.7 Å². The molecule has 2 aliphatic heterocycles. The molecule has 3 rings (SSSR count). The summed E-state index contributed by atoms with van der Waals surface area (Å²) in [6, 6.07) is 6.08. The molecule has 1 atom stereocenters. The number of nitrogens with zero attached hydrogens (tertiary/aromatic N) is 3. The van der Waals surface area contributed by atoms with Crippen LogP contribution in [0.25, 0.3) is 0 Å². The van der Waals surface area contributed by atoms with E-state index in [9.17, 15) is 0 Å². The Labute approximate surface area is 163 Å². The van der Waals surface area contributed by atoms with Crippen molar-refractivity contribution in [1.82, 2.24) is 15.1 Å². The molecule has 0 aromatic heterocycles. The summed E-state index contributed by atoms with van der Waals surface area (Å²) in [6.07, 6.45) is 3.99. The van der Waals surface area contributed by atoms with Gasteiger partial charge in [-0.15, -0.1) is 0 Å². The zero-order valence-electron chi connectivity index (χ0n) is 17.0. The van der Waals surface area contributed by atoms with Crippen LogP contribution in [0.3, 0.4) is 0 Å². The van der Waals surface area contributed by atoms with Crippen LogP contribution in [0.15, 0.2) is 23.2 Å². The molecule has 150 valence electrons. The van der Waals surface area contributed by atoms with Gasteiger partial charge in [0, 0.05) is 33.2 Å². The van der Waals surface area contributed by atoms with Crippen molar-refractivity contribution in [2.75, 3.05) is 53.5 Å². The Morgan fingerprint density at radius 3 is 2.74 bits per heavy atom. The van der Waals surface area contributed by atoms with E-state index in [2.05, 4.69) is 26.2 Å². The maximum atomic E-state index is 5.68. The minimum Gasteiger partial charge on any atom is -0.493 e. The van der Waals surface area contributed by atoms with Gasteiger partial charge in [0.25, 0.3) is 0 Å². The number of likely N-dealkylation sites (tertiary alicyclic amines) is 2. The van der Waals surface area contributed by atoms with Crippen molar-refractivity contribution in [3.8, 4) is 11.5 Å². The maximum absolute atomic E-state index is 5.68. The highest BCUT2D eigenvalue weighted by atomic mass is 16.5. The first-order valence-corrected chi connectivity index (χ1v) is 10.2. The van der Waals surface area contributed by atoms with Gasteiger partial charge in [-0.05, 0) is 62.9 Å². The molecule has 6 heteroatoms. The third-order valence-corrected chi connectivity index (χ3v) is 5.49. The minimum atomic E-state index is 0.626. The summed E-state index contributed by atoms with van der Waals surface area (Å²) in [7, 11) is 3.54. The molecular formula is C21H34N4O2. The van der Waals surface area contributed by atoms with Gasteiger partial charge in [0.05, 0.1) is 13.7 Å². The third-order valence-electron chi connectivity index (χ3n) is 5.49. The first-order valence-electron chi connectivity index (χ1n) is 10.2. The van der Waals surface area contributed by atoms with Crippen LogP contribution < -0.4 is 14.8 Å². The number of nitrogens with one attached hydrogen (secondary N) is 1. The van der Waals surface area contributed by atoms with Gasteiger partial charge in [-0.1, -0.05) is 6.07 Å². The standard InChI is InChI=1S/C21H34N4O2/c1-4-27-20-13-17(7-8-19(20)26-3)14-23-21(22-2)25-12-9-18(16-25)15-24-10-5-6-11-24/h7-8,13,18H,4-6,9-12,14-16H2,1-3H3,(H,22,23). The Bertz CT molecular complexity index is 629. The molecule has 2 heterocycles. The highest BCUT2D eigenvalue weighted by Gasteiger charge is 2.27. The van der Waals surface area contributed by atoms with Gasteiger partial charge in [-0.2, -0.15) is 0 Å². The highest BCUT2D eigenvalue weighted by molar-refractivity contribution is 5.80. The SMILES string of the molecule is CCOc1cc(CNC(=NC)N2CCC(CN3CCCC3)C2)ccc1OC. The van der Waals surface area contributed by atoms with Crippen molar-refractivity contribution >= 4 is 5.96 Å². The molecule has 2 saturated heterocycles. The van der Waals surface area contributed by atoms with Crippen molar-refractivity contribution in [2.45, 2.75) is 32.7 Å². The quantitative estimate of drug-likeness (QED) is 0.587. The van der Waals surface area contributed by atoms with Crippen LogP contribution in [-0.2, 0) is 6.54 Å². The lowest BCUT2D eigenvalue weighted by Crippen LogP contribution is -2.40. The molecule has 2 aliphatic rings. The summed E-state index contributed by atoms with van der Waals surface area (Å²) < 4.78 is 11.0. The van der Waals surface area contributed by atoms with E-state index in [1.807, 2.05) is 26.1 Å². The molecule has 1 aromatic rings. The third kappa shape index (κ3) is 5.28. The average Bonchev–Trinajstić information content (AvgIpc) is 3.36. The summed E-state index contributed by atoms with van der Waals surface area (Å²) >= 11 is 0. The lowest BCUT2D eigenvalue weighted by atomic mass is 10.1. The van der Waals surface area contributed by atoms with Gasteiger partial charge in [0.2, 0.25) is 0 Å². The summed E-state index contributed by atoms with van der Waals surface area (Å²) in [5.41, 5.74) is 1.16. The number of guanidine groups is 1. The Balaban J connectivity index is 1.52. The number of hydrogen-bond acceptors (Lipinski definition) is 4. The Morgan fingerprint density at radius 2 is 2.04 bits per heavy atom. The van der Waals surface area contributed by atoms with E-state index in [0.29, 0.717) is 6.61 Å². The highest BCUT2D eigenvalue weighted by Crippen LogP contribution is 2.28. The molecule has 0 radical (unpaired) electrons. The van der Waals surface area contributed by atoms with Gasteiger partial charge in [-0.3, -0.25) is 4.99 Å². The van der Waals surface area contributed by atoms with E-state index in [0.717, 1.165) is 48.6 Å². The van der Waals surface area contributed by atoms with Gasteiger partial charge in [0.1, 0.15) is 0 Å². The van der Waals surface area contributed by atoms with E-state index in [-0.39, 0.29) is 0 Å². The van der Waals surface area contributed by atoms with Crippen molar-refractivity contribution < 1.29 is 9.47 Å². The number of rotatable bonds is 7. The monoisotopic (exact) mass is 374 g/mol. The molecule has 0 spiro atoms. The number of aliphatic imine (C=N–C) groups is 1. The van der Waals surface area contributed by atoms with Gasteiger partial charge in [-0.25, -0.2) is 0 Å². The van der Waals surface area contributed by atoms with E-state index in [4.69, 9.17) is 9.47 Å². The van der Waals surface area contributed by atoms with Crippen LogP contribution in [0.2, 0.25) is 0 Å². The zero-order valence-corrected chi connectivity index (χ0v) is 17.0. The smallest absolute Gasteiger partial charge is 0.193 e. The van der Waals surface area contributed by atoms with Gasteiger partial charge >= 0.3 is 0 Å². The van der Waals surface area contributed by atoms with Gasteiger partial charge < -0.3 is 24.6 Å². The Kier molecular flexibility index (Phi) is 7.21. The minimum absolute atomic E-state index is 0.626. The summed E-state index contributed by atoms with van der Waals surface area (Å²) in [5, 5.41) is 3.51. The average molecular weight is 375 g/mol. The summed E-state index contributed by atoms with van der Waals surface area (Å²) in [4.78, 5) is 9.52. The lowest BCUT2D eigenvalue weighted by molar-refractivity contribution is 0.281. The van der Waals surface area contributed by atoms with Crippen LogP contribution in [0.4, 0.5) is 0 Å². The first kappa shape index (κ1) is 19.8. The van der Waals surface area contributed by atoms with Crippen molar-refractivity contribution in [1.29, 1.82) is 0 Å². The molecule has 2 fully saturated rings. The molecule has 0 aliphatic carbocycles. The maximum Gasteiger partial charge on any atom is 0.193 e. The first-order chi connectivity index (χ1) is 13.2. The predicted molar refractivity (Wildman–Crippen MR) is 110 cm³/mol. The van der Waals surface area contributed by atoms with E-state index in [1.54, 1.807) is 7.11 Å². The normalized spacial score (nSPS) is 20.9. The van der Waals surface area contributed by atoms with E-state index < -0.39 is 0 Å². The molecule has 0 saturated carbocycles. The molecule has 6 nitrogen and oxygen atoms in total. The fourth-order valence-electron chi connectivity index (χ4n) is 4.12. The molecule has 0 amide bonds. The van der Waals surface area contributed by atoms with Crippen molar-refractivity contribution in [3.05, 3.63) is 23.8 Å². The van der Waals surface area contributed by atoms with E-state index >= 15 is 0 Å². The number of ether oxygens (including phenoxy) is 2. The van der Waals surface area contributed by atoms with Crippen LogP contribution in [0, 0.1) is 5.92 Å². The molecule has 0 bridgehead atoms. The number of hydrogen-bond donors (Lipinski definition) is 1. The van der Waals surface area contributed by atoms with Crippen LogP contribution >= 0.6 is 0 Å². The molecule has 27 heavy (non-hydrogen) atoms. The van der Waals surface area contributed by atoms with Crippen LogP contribution in [-0.4, -0.2) is 69.2 Å². The second-order valence-electron chi connectivity index (χ2n) is 7.43. The molecule has 1 aromatic carbocycles. The van der Waals surface area contributed by atoms with E-state index in [1.165, 1.54) is 38.9 Å². The van der Waals surface area contributed by atoms with Crippen LogP contribution in [0.5, 0.6) is 11.5 Å². The van der Waals surface area contributed by atoms with Crippen molar-refractivity contribution in [3.63, 3.8) is 0 Å². The second-order valence-corrected chi connectivity index (χ2v) is 7.43. The summed E-state index contributed by atoms with van der Waals surface area (Å²) in [5.74, 6) is 3.32. The number of benzene rings is 1. The molecule has 1 N–H and O–H groups in total. The number of methoxy groups -OCH3 is 1. The van der Waals surface area contributed by atoms with Gasteiger partial charge in [0.15, 0.2) is 17.5 Å². The molecular weight excluding hydrogens is 340 g/mol. The second kappa shape index (κ2) is 9.83. The Hall–Kier alpha value is -1.95. The topological polar surface area (TPSA) is 49.3 Å². The zero-order chi connectivity index (χ0) is 19.1. The predicted octanol–water partition coefficient (Wildman–Crippen LogP) is 2.59. The fourth-order valence-corrected chi connectivity index (χ4v) is 4.12. The fraction of sp³-hybridized carbons (Fsp3) is 0.667. The largest absolute Gasteiger partial charge is 0.493 e. The molecule has 1 unspecified atom stereocenters. The van der Waals surface area contributed by atoms with Crippen molar-refractivity contribution in [2.24, 2.45) is 10.9 Å².